The predicted octanol–water partition coefficient (Wildman–Crippen LogP) is 2.52. The number of aryl methyl sites for hydroxylation is 1. The summed E-state index contributed by atoms with van der Waals surface area (Å²) in [6, 6.07) is 4.13. The number of amides is 1. The van der Waals surface area contributed by atoms with Gasteiger partial charge in [-0.05, 0) is 79.4 Å². The normalized spacial score (nSPS) is 21.4. The van der Waals surface area contributed by atoms with Gasteiger partial charge in [-0.1, -0.05) is 17.7 Å². The van der Waals surface area contributed by atoms with E-state index in [-0.39, 0.29) is 5.91 Å². The van der Waals surface area contributed by atoms with E-state index in [4.69, 9.17) is 17.3 Å². The van der Waals surface area contributed by atoms with Crippen LogP contribution in [-0.2, 0) is 11.2 Å². The van der Waals surface area contributed by atoms with E-state index >= 15 is 0 Å². The van der Waals surface area contributed by atoms with E-state index in [0.29, 0.717) is 17.5 Å². The second-order valence-electron chi connectivity index (χ2n) is 7.91. The molecule has 2 saturated heterocycles. The van der Waals surface area contributed by atoms with Gasteiger partial charge in [0.05, 0.1) is 11.1 Å². The van der Waals surface area contributed by atoms with Gasteiger partial charge in [-0.3, -0.25) is 9.69 Å². The smallest absolute Gasteiger partial charge is 0.239 e. The molecule has 0 spiro atoms. The van der Waals surface area contributed by atoms with Crippen molar-refractivity contribution in [1.82, 2.24) is 14.7 Å². The molecule has 5 nitrogen and oxygen atoms in total. The van der Waals surface area contributed by atoms with E-state index in [1.165, 1.54) is 25.9 Å². The van der Waals surface area contributed by atoms with Gasteiger partial charge in [0.2, 0.25) is 5.91 Å². The first-order valence-electron chi connectivity index (χ1n) is 9.76. The van der Waals surface area contributed by atoms with Crippen molar-refractivity contribution in [2.75, 3.05) is 46.3 Å². The third-order valence-corrected chi connectivity index (χ3v) is 7.23. The van der Waals surface area contributed by atoms with Crippen LogP contribution >= 0.6 is 27.5 Å². The van der Waals surface area contributed by atoms with E-state index in [1.54, 1.807) is 0 Å². The number of piperazine rings is 1. The molecule has 0 aromatic heterocycles. The maximum Gasteiger partial charge on any atom is 0.239 e. The van der Waals surface area contributed by atoms with Gasteiger partial charge in [-0.15, -0.1) is 0 Å². The second kappa shape index (κ2) is 9.23. The minimum Gasteiger partial charge on any atom is -0.339 e. The summed E-state index contributed by atoms with van der Waals surface area (Å²) in [5.41, 5.74) is 8.28. The van der Waals surface area contributed by atoms with Crippen LogP contribution in [0.15, 0.2) is 16.6 Å². The molecule has 150 valence electrons. The van der Waals surface area contributed by atoms with E-state index in [9.17, 15) is 4.79 Å². The predicted molar refractivity (Wildman–Crippen MR) is 114 cm³/mol. The zero-order valence-corrected chi connectivity index (χ0v) is 18.6. The average molecular weight is 458 g/mol. The molecule has 2 N–H and O–H groups in total. The van der Waals surface area contributed by atoms with E-state index in [0.717, 1.165) is 41.8 Å². The maximum absolute atomic E-state index is 12.8. The van der Waals surface area contributed by atoms with Crippen LogP contribution in [-0.4, -0.2) is 79.0 Å². The summed E-state index contributed by atoms with van der Waals surface area (Å²) < 4.78 is 0.852. The number of hydrogen-bond donors (Lipinski definition) is 1. The highest BCUT2D eigenvalue weighted by Crippen LogP contribution is 2.28. The van der Waals surface area contributed by atoms with Crippen LogP contribution in [0.3, 0.4) is 0 Å². The van der Waals surface area contributed by atoms with Crippen LogP contribution in [0.4, 0.5) is 0 Å². The first-order valence-corrected chi connectivity index (χ1v) is 10.9. The monoisotopic (exact) mass is 456 g/mol. The molecule has 1 aromatic carbocycles. The van der Waals surface area contributed by atoms with Crippen LogP contribution in [0.1, 0.15) is 24.0 Å². The Balaban J connectivity index is 1.51. The van der Waals surface area contributed by atoms with Crippen molar-refractivity contribution in [2.24, 2.45) is 5.73 Å². The van der Waals surface area contributed by atoms with Crippen molar-refractivity contribution >= 4 is 33.4 Å². The minimum atomic E-state index is -0.507. The Morgan fingerprint density at radius 3 is 2.44 bits per heavy atom. The lowest BCUT2D eigenvalue weighted by Crippen LogP contribution is -2.56. The van der Waals surface area contributed by atoms with Crippen LogP contribution < -0.4 is 5.73 Å². The largest absolute Gasteiger partial charge is 0.339 e. The van der Waals surface area contributed by atoms with Gasteiger partial charge in [0.1, 0.15) is 0 Å². The molecule has 1 atom stereocenters. The highest BCUT2D eigenvalue weighted by atomic mass is 79.9. The fourth-order valence-corrected chi connectivity index (χ4v) is 4.87. The van der Waals surface area contributed by atoms with Crippen LogP contribution in [0.5, 0.6) is 0 Å². The third kappa shape index (κ3) is 5.24. The summed E-state index contributed by atoms with van der Waals surface area (Å²) in [5.74, 6) is 0.0572. The molecule has 1 unspecified atom stereocenters. The molecule has 0 aliphatic carbocycles. The lowest BCUT2D eigenvalue weighted by Gasteiger charge is -2.42. The number of benzene rings is 1. The van der Waals surface area contributed by atoms with Crippen molar-refractivity contribution < 1.29 is 4.79 Å². The summed E-state index contributed by atoms with van der Waals surface area (Å²) in [5, 5.41) is 0.712. The first kappa shape index (κ1) is 21.1. The van der Waals surface area contributed by atoms with Crippen molar-refractivity contribution in [3.8, 4) is 0 Å². The molecular weight excluding hydrogens is 428 g/mol. The molecule has 2 aliphatic heterocycles. The Kier molecular flexibility index (Phi) is 7.20. The number of piperidine rings is 1. The topological polar surface area (TPSA) is 52.8 Å². The number of halogens is 2. The van der Waals surface area contributed by atoms with Crippen molar-refractivity contribution in [3.05, 3.63) is 32.8 Å². The number of nitrogens with zero attached hydrogens (tertiary/aromatic N) is 3. The Bertz CT molecular complexity index is 647. The molecule has 2 fully saturated rings. The number of nitrogens with two attached hydrogens (primary N) is 1. The lowest BCUT2D eigenvalue weighted by molar-refractivity contribution is -0.134. The summed E-state index contributed by atoms with van der Waals surface area (Å²) in [6.45, 7) is 7.78. The minimum absolute atomic E-state index is 0.0572. The van der Waals surface area contributed by atoms with Crippen molar-refractivity contribution in [3.63, 3.8) is 0 Å². The van der Waals surface area contributed by atoms with Crippen molar-refractivity contribution in [2.45, 2.75) is 38.3 Å². The molecule has 0 radical (unpaired) electrons. The summed E-state index contributed by atoms with van der Waals surface area (Å²) in [6.07, 6.45) is 2.99. The number of carbonyl (C=O) groups is 1. The molecule has 1 amide bonds. The maximum atomic E-state index is 12.8. The Morgan fingerprint density at radius 2 is 1.85 bits per heavy atom. The fourth-order valence-electron chi connectivity index (χ4n) is 4.16. The summed E-state index contributed by atoms with van der Waals surface area (Å²) >= 11 is 9.67. The molecule has 2 heterocycles. The molecule has 1 aromatic rings. The SMILES string of the molecule is Cc1cc(CC(N)C(=O)N2CCN(C3CCN(C)CC3)CC2)cc(Br)c1Cl. The second-order valence-corrected chi connectivity index (χ2v) is 9.15. The Hall–Kier alpha value is -0.660. The molecule has 2 aliphatic rings. The van der Waals surface area contributed by atoms with Crippen LogP contribution in [0.25, 0.3) is 0 Å². The van der Waals surface area contributed by atoms with Crippen LogP contribution in [0, 0.1) is 6.92 Å². The zero-order chi connectivity index (χ0) is 19.6. The Morgan fingerprint density at radius 1 is 1.22 bits per heavy atom. The van der Waals surface area contributed by atoms with Gasteiger partial charge in [0.25, 0.3) is 0 Å². The number of carbonyl (C=O) groups excluding carboxylic acids is 1. The zero-order valence-electron chi connectivity index (χ0n) is 16.3. The van der Waals surface area contributed by atoms with Gasteiger partial charge in [-0.25, -0.2) is 0 Å². The van der Waals surface area contributed by atoms with Gasteiger partial charge >= 0.3 is 0 Å². The molecular formula is C20H30BrClN4O. The number of rotatable bonds is 4. The highest BCUT2D eigenvalue weighted by molar-refractivity contribution is 9.10. The number of hydrogen-bond acceptors (Lipinski definition) is 4. The molecule has 27 heavy (non-hydrogen) atoms. The molecule has 0 saturated carbocycles. The van der Waals surface area contributed by atoms with Gasteiger partial charge in [-0.2, -0.15) is 0 Å². The first-order chi connectivity index (χ1) is 12.8. The molecule has 0 bridgehead atoms. The van der Waals surface area contributed by atoms with Gasteiger partial charge in [0, 0.05) is 36.7 Å². The van der Waals surface area contributed by atoms with Crippen LogP contribution in [0.2, 0.25) is 5.02 Å². The molecule has 3 rings (SSSR count). The van der Waals surface area contributed by atoms with E-state index < -0.39 is 6.04 Å². The quantitative estimate of drug-likeness (QED) is 0.755. The average Bonchev–Trinajstić information content (AvgIpc) is 2.66. The van der Waals surface area contributed by atoms with Gasteiger partial charge < -0.3 is 15.5 Å². The van der Waals surface area contributed by atoms with E-state index in [1.807, 2.05) is 24.0 Å². The lowest BCUT2D eigenvalue weighted by atomic mass is 10.0. The van der Waals surface area contributed by atoms with Gasteiger partial charge in [0.15, 0.2) is 0 Å². The number of likely N-dealkylation sites (tertiary alicyclic amines) is 1. The molecule has 7 heteroatoms. The van der Waals surface area contributed by atoms with E-state index in [2.05, 4.69) is 32.8 Å². The Labute approximate surface area is 175 Å². The van der Waals surface area contributed by atoms with Crippen molar-refractivity contribution in [1.29, 1.82) is 0 Å². The highest BCUT2D eigenvalue weighted by Gasteiger charge is 2.29. The fraction of sp³-hybridized carbons (Fsp3) is 0.650. The summed E-state index contributed by atoms with van der Waals surface area (Å²) in [4.78, 5) is 19.7. The standard InChI is InChI=1S/C20H30BrClN4O/c1-14-11-15(12-17(21)19(14)22)13-18(23)20(27)26-9-7-25(8-10-26)16-3-5-24(2)6-4-16/h11-12,16,18H,3-10,13,23H2,1-2H3. The third-order valence-electron chi connectivity index (χ3n) is 5.87. The summed E-state index contributed by atoms with van der Waals surface area (Å²) in [7, 11) is 2.19.